The van der Waals surface area contributed by atoms with Crippen molar-refractivity contribution < 1.29 is 5.11 Å². The quantitative estimate of drug-likeness (QED) is 0.843. The lowest BCUT2D eigenvalue weighted by Crippen LogP contribution is -2.14. The van der Waals surface area contributed by atoms with E-state index >= 15 is 0 Å². The second-order valence-corrected chi connectivity index (χ2v) is 6.88. The number of aliphatic hydroxyl groups is 1. The Labute approximate surface area is 115 Å². The molecule has 2 rings (SSSR count). The van der Waals surface area contributed by atoms with Crippen LogP contribution in [-0.2, 0) is 0 Å². The molecule has 1 aromatic carbocycles. The lowest BCUT2D eigenvalue weighted by atomic mass is 9.91. The van der Waals surface area contributed by atoms with Gasteiger partial charge < -0.3 is 5.11 Å². The molecule has 1 aliphatic carbocycles. The monoisotopic (exact) mass is 264 g/mol. The third kappa shape index (κ3) is 3.76. The molecule has 100 valence electrons. The molecule has 0 aliphatic heterocycles. The maximum Gasteiger partial charge on any atom is 0.0787 e. The van der Waals surface area contributed by atoms with Crippen LogP contribution in [0.4, 0.5) is 0 Å². The lowest BCUT2D eigenvalue weighted by Gasteiger charge is -2.26. The Hall–Kier alpha value is -0.470. The second-order valence-electron chi connectivity index (χ2n) is 5.50. The molecule has 3 atom stereocenters. The van der Waals surface area contributed by atoms with E-state index < -0.39 is 0 Å². The molecule has 1 aromatic rings. The highest BCUT2D eigenvalue weighted by Crippen LogP contribution is 2.36. The van der Waals surface area contributed by atoms with Crippen LogP contribution >= 0.6 is 11.8 Å². The zero-order valence-electron chi connectivity index (χ0n) is 11.4. The molecule has 0 heterocycles. The summed E-state index contributed by atoms with van der Waals surface area (Å²) >= 11 is 2.01. The highest BCUT2D eigenvalue weighted by atomic mass is 32.2. The minimum absolute atomic E-state index is 0.307. The van der Waals surface area contributed by atoms with Gasteiger partial charge in [-0.15, -0.1) is 11.8 Å². The first-order chi connectivity index (χ1) is 8.69. The Balaban J connectivity index is 1.93. The Morgan fingerprint density at radius 2 is 2.00 bits per heavy atom. The highest BCUT2D eigenvalue weighted by molar-refractivity contribution is 8.00. The van der Waals surface area contributed by atoms with Gasteiger partial charge in [-0.3, -0.25) is 0 Å². The summed E-state index contributed by atoms with van der Waals surface area (Å²) in [6.45, 7) is 4.38. The smallest absolute Gasteiger partial charge is 0.0787 e. The van der Waals surface area contributed by atoms with Gasteiger partial charge in [-0.05, 0) is 42.9 Å². The van der Waals surface area contributed by atoms with E-state index in [2.05, 4.69) is 31.2 Å². The van der Waals surface area contributed by atoms with Crippen molar-refractivity contribution in [1.82, 2.24) is 0 Å². The summed E-state index contributed by atoms with van der Waals surface area (Å²) in [6, 6.07) is 8.47. The van der Waals surface area contributed by atoms with Gasteiger partial charge in [0, 0.05) is 10.1 Å². The normalized spacial score (nSPS) is 25.9. The van der Waals surface area contributed by atoms with Crippen LogP contribution < -0.4 is 0 Å². The molecule has 0 saturated heterocycles. The molecule has 0 aromatic heterocycles. The SMILES string of the molecule is CC[C@@H](O)c1ccc(SC2CCCC(C)C2)cc1. The van der Waals surface area contributed by atoms with Gasteiger partial charge in [-0.2, -0.15) is 0 Å². The lowest BCUT2D eigenvalue weighted by molar-refractivity contribution is 0.173. The molecule has 0 amide bonds. The van der Waals surface area contributed by atoms with Crippen LogP contribution in [0.1, 0.15) is 57.6 Å². The van der Waals surface area contributed by atoms with E-state index in [0.29, 0.717) is 0 Å². The van der Waals surface area contributed by atoms with E-state index in [-0.39, 0.29) is 6.10 Å². The molecule has 0 bridgehead atoms. The summed E-state index contributed by atoms with van der Waals surface area (Å²) in [5.41, 5.74) is 1.04. The predicted octanol–water partition coefficient (Wildman–Crippen LogP) is 4.80. The maximum atomic E-state index is 9.77. The third-order valence-electron chi connectivity index (χ3n) is 3.84. The predicted molar refractivity (Wildman–Crippen MR) is 79.0 cm³/mol. The molecule has 0 spiro atoms. The van der Waals surface area contributed by atoms with Crippen molar-refractivity contribution in [3.63, 3.8) is 0 Å². The van der Waals surface area contributed by atoms with Gasteiger partial charge in [0.15, 0.2) is 0 Å². The molecule has 1 nitrogen and oxygen atoms in total. The van der Waals surface area contributed by atoms with Crippen molar-refractivity contribution in [3.05, 3.63) is 29.8 Å². The average molecular weight is 264 g/mol. The summed E-state index contributed by atoms with van der Waals surface area (Å²) < 4.78 is 0. The topological polar surface area (TPSA) is 20.2 Å². The van der Waals surface area contributed by atoms with Crippen LogP contribution in [0.3, 0.4) is 0 Å². The first-order valence-electron chi connectivity index (χ1n) is 7.13. The summed E-state index contributed by atoms with van der Waals surface area (Å²) in [5.74, 6) is 0.887. The molecule has 0 radical (unpaired) electrons. The van der Waals surface area contributed by atoms with Crippen LogP contribution in [0, 0.1) is 5.92 Å². The van der Waals surface area contributed by atoms with Crippen LogP contribution in [0.5, 0.6) is 0 Å². The van der Waals surface area contributed by atoms with E-state index in [1.807, 2.05) is 18.7 Å². The fourth-order valence-electron chi connectivity index (χ4n) is 2.68. The number of aliphatic hydroxyl groups excluding tert-OH is 1. The molecule has 1 saturated carbocycles. The number of rotatable bonds is 4. The van der Waals surface area contributed by atoms with E-state index in [0.717, 1.165) is 23.2 Å². The number of hydrogen-bond acceptors (Lipinski definition) is 2. The zero-order chi connectivity index (χ0) is 13.0. The fourth-order valence-corrected chi connectivity index (χ4v) is 4.07. The summed E-state index contributed by atoms with van der Waals surface area (Å²) in [6.07, 6.45) is 5.97. The Kier molecular flexibility index (Phi) is 5.13. The maximum absolute atomic E-state index is 9.77. The van der Waals surface area contributed by atoms with Gasteiger partial charge in [-0.1, -0.05) is 38.8 Å². The van der Waals surface area contributed by atoms with Crippen molar-refractivity contribution >= 4 is 11.8 Å². The Morgan fingerprint density at radius 1 is 1.28 bits per heavy atom. The minimum Gasteiger partial charge on any atom is -0.388 e. The van der Waals surface area contributed by atoms with E-state index in [9.17, 15) is 5.11 Å². The van der Waals surface area contributed by atoms with E-state index in [1.54, 1.807) is 0 Å². The molecule has 1 N–H and O–H groups in total. The second kappa shape index (κ2) is 6.63. The molecule has 18 heavy (non-hydrogen) atoms. The van der Waals surface area contributed by atoms with Gasteiger partial charge in [-0.25, -0.2) is 0 Å². The zero-order valence-corrected chi connectivity index (χ0v) is 12.2. The van der Waals surface area contributed by atoms with E-state index in [1.165, 1.54) is 30.6 Å². The number of thioether (sulfide) groups is 1. The Bertz CT molecular complexity index is 360. The molecule has 1 aliphatic rings. The summed E-state index contributed by atoms with van der Waals surface area (Å²) in [4.78, 5) is 1.35. The third-order valence-corrected chi connectivity index (χ3v) is 5.15. The average Bonchev–Trinajstić information content (AvgIpc) is 2.39. The van der Waals surface area contributed by atoms with Gasteiger partial charge in [0.25, 0.3) is 0 Å². The van der Waals surface area contributed by atoms with Crippen molar-refractivity contribution in [3.8, 4) is 0 Å². The van der Waals surface area contributed by atoms with Gasteiger partial charge in [0.2, 0.25) is 0 Å². The molecule has 1 fully saturated rings. The summed E-state index contributed by atoms with van der Waals surface area (Å²) in [7, 11) is 0. The van der Waals surface area contributed by atoms with Crippen LogP contribution in [0.15, 0.2) is 29.2 Å². The minimum atomic E-state index is -0.307. The number of hydrogen-bond donors (Lipinski definition) is 1. The first kappa shape index (κ1) is 14.0. The van der Waals surface area contributed by atoms with Crippen molar-refractivity contribution in [1.29, 1.82) is 0 Å². The van der Waals surface area contributed by atoms with Crippen LogP contribution in [0.25, 0.3) is 0 Å². The Morgan fingerprint density at radius 3 is 2.61 bits per heavy atom. The van der Waals surface area contributed by atoms with Crippen molar-refractivity contribution in [2.24, 2.45) is 5.92 Å². The molecule has 2 heteroatoms. The van der Waals surface area contributed by atoms with Gasteiger partial charge in [0.05, 0.1) is 6.10 Å². The molecular formula is C16H24OS. The number of benzene rings is 1. The van der Waals surface area contributed by atoms with Crippen molar-refractivity contribution in [2.75, 3.05) is 0 Å². The largest absolute Gasteiger partial charge is 0.388 e. The van der Waals surface area contributed by atoms with Crippen molar-refractivity contribution in [2.45, 2.75) is 62.2 Å². The standard InChI is InChI=1S/C16H24OS/c1-3-16(17)13-7-9-14(10-8-13)18-15-6-4-5-12(2)11-15/h7-10,12,15-17H,3-6,11H2,1-2H3/t12?,15?,16-/m1/s1. The van der Waals surface area contributed by atoms with Crippen LogP contribution in [0.2, 0.25) is 0 Å². The fraction of sp³-hybridized carbons (Fsp3) is 0.625. The van der Waals surface area contributed by atoms with Crippen LogP contribution in [-0.4, -0.2) is 10.4 Å². The van der Waals surface area contributed by atoms with Gasteiger partial charge >= 0.3 is 0 Å². The highest BCUT2D eigenvalue weighted by Gasteiger charge is 2.19. The van der Waals surface area contributed by atoms with E-state index in [4.69, 9.17) is 0 Å². The van der Waals surface area contributed by atoms with Gasteiger partial charge in [0.1, 0.15) is 0 Å². The molecular weight excluding hydrogens is 240 g/mol. The first-order valence-corrected chi connectivity index (χ1v) is 8.01. The molecule has 2 unspecified atom stereocenters. The summed E-state index contributed by atoms with van der Waals surface area (Å²) in [5, 5.41) is 10.6.